The van der Waals surface area contributed by atoms with E-state index in [9.17, 15) is 14.7 Å². The molecule has 0 heterocycles. The highest BCUT2D eigenvalue weighted by atomic mass is 79.9. The molecule has 3 aromatic carbocycles. The van der Waals surface area contributed by atoms with Gasteiger partial charge in [-0.05, 0) is 65.8 Å². The highest BCUT2D eigenvalue weighted by Gasteiger charge is 2.13. The van der Waals surface area contributed by atoms with Crippen molar-refractivity contribution in [2.75, 3.05) is 6.61 Å². The Kier molecular flexibility index (Phi) is 6.86. The van der Waals surface area contributed by atoms with Crippen molar-refractivity contribution in [3.05, 3.63) is 70.2 Å². The second-order valence-corrected chi connectivity index (χ2v) is 7.64. The Morgan fingerprint density at radius 1 is 1.07 bits per heavy atom. The van der Waals surface area contributed by atoms with Gasteiger partial charge in [-0.1, -0.05) is 40.2 Å². The van der Waals surface area contributed by atoms with Crippen LogP contribution in [0.2, 0.25) is 0 Å². The van der Waals surface area contributed by atoms with E-state index in [-0.39, 0.29) is 23.0 Å². The molecule has 7 nitrogen and oxygen atoms in total. The molecule has 0 saturated carbocycles. The van der Waals surface area contributed by atoms with Gasteiger partial charge in [-0.2, -0.15) is 0 Å². The molecule has 0 saturated heterocycles. The summed E-state index contributed by atoms with van der Waals surface area (Å²) in [5, 5.41) is 14.0. The quantitative estimate of drug-likeness (QED) is 0.332. The molecule has 0 unspecified atom stereocenters. The van der Waals surface area contributed by atoms with E-state index in [0.29, 0.717) is 5.75 Å². The molecular weight excluding hydrogens is 470 g/mol. The summed E-state index contributed by atoms with van der Waals surface area (Å²) in [4.78, 5) is 24.3. The average molecular weight is 488 g/mol. The Morgan fingerprint density at radius 2 is 1.77 bits per heavy atom. The van der Waals surface area contributed by atoms with Crippen LogP contribution in [0.4, 0.5) is 0 Å². The van der Waals surface area contributed by atoms with Crippen LogP contribution in [0, 0.1) is 6.92 Å². The number of carbonyl (C=O) groups is 2. The largest absolute Gasteiger partial charge is 0.507 e. The van der Waals surface area contributed by atoms with Crippen LogP contribution >= 0.6 is 28.1 Å². The first kappa shape index (κ1) is 21.5. The molecule has 3 rings (SSSR count). The number of ether oxygens (including phenoxy) is 1. The van der Waals surface area contributed by atoms with Gasteiger partial charge in [-0.15, -0.1) is 0 Å². The molecule has 0 aliphatic rings. The maximum Gasteiger partial charge on any atom is 0.273 e. The predicted molar refractivity (Wildman–Crippen MR) is 121 cm³/mol. The third-order valence-corrected chi connectivity index (χ3v) is 5.24. The van der Waals surface area contributed by atoms with Gasteiger partial charge in [0.2, 0.25) is 0 Å². The van der Waals surface area contributed by atoms with Crippen molar-refractivity contribution >= 4 is 55.8 Å². The third kappa shape index (κ3) is 5.46. The molecule has 30 heavy (non-hydrogen) atoms. The first-order valence-corrected chi connectivity index (χ1v) is 10.0. The van der Waals surface area contributed by atoms with Gasteiger partial charge in [0, 0.05) is 4.47 Å². The average Bonchev–Trinajstić information content (AvgIpc) is 2.72. The van der Waals surface area contributed by atoms with Crippen LogP contribution in [0.5, 0.6) is 11.5 Å². The molecule has 154 valence electrons. The van der Waals surface area contributed by atoms with Gasteiger partial charge in [0.25, 0.3) is 11.8 Å². The number of aromatic hydroxyl groups is 1. The number of aryl methyl sites for hydroxylation is 1. The molecule has 4 N–H and O–H groups in total. The zero-order chi connectivity index (χ0) is 21.7. The molecule has 0 radical (unpaired) electrons. The lowest BCUT2D eigenvalue weighted by Crippen LogP contribution is -2.49. The molecule has 0 aromatic heterocycles. The Morgan fingerprint density at radius 3 is 2.47 bits per heavy atom. The zero-order valence-corrected chi connectivity index (χ0v) is 18.3. The van der Waals surface area contributed by atoms with E-state index in [2.05, 4.69) is 32.1 Å². The zero-order valence-electron chi connectivity index (χ0n) is 15.9. The summed E-state index contributed by atoms with van der Waals surface area (Å²) in [5.41, 5.74) is 5.83. The molecule has 0 aliphatic carbocycles. The van der Waals surface area contributed by atoms with Crippen molar-refractivity contribution in [2.45, 2.75) is 6.92 Å². The van der Waals surface area contributed by atoms with E-state index >= 15 is 0 Å². The predicted octanol–water partition coefficient (Wildman–Crippen LogP) is 3.33. The van der Waals surface area contributed by atoms with Crippen molar-refractivity contribution in [2.24, 2.45) is 0 Å². The highest BCUT2D eigenvalue weighted by Crippen LogP contribution is 2.24. The number of rotatable bonds is 4. The number of hydrogen-bond donors (Lipinski definition) is 4. The monoisotopic (exact) mass is 487 g/mol. The minimum absolute atomic E-state index is 0.0734. The Labute approximate surface area is 186 Å². The lowest BCUT2D eigenvalue weighted by Gasteiger charge is -2.12. The highest BCUT2D eigenvalue weighted by molar-refractivity contribution is 9.10. The summed E-state index contributed by atoms with van der Waals surface area (Å²) in [6.45, 7) is 1.66. The van der Waals surface area contributed by atoms with Crippen LogP contribution in [0.1, 0.15) is 15.9 Å². The van der Waals surface area contributed by atoms with Crippen molar-refractivity contribution in [3.63, 3.8) is 0 Å². The van der Waals surface area contributed by atoms with E-state index < -0.39 is 11.8 Å². The Balaban J connectivity index is 1.50. The number of nitrogens with one attached hydrogen (secondary N) is 3. The number of hydrazine groups is 1. The van der Waals surface area contributed by atoms with Crippen LogP contribution in [-0.2, 0) is 4.79 Å². The van der Waals surface area contributed by atoms with Crippen molar-refractivity contribution in [1.29, 1.82) is 0 Å². The summed E-state index contributed by atoms with van der Waals surface area (Å²) in [7, 11) is 0. The topological polar surface area (TPSA) is 99.7 Å². The fourth-order valence-electron chi connectivity index (χ4n) is 2.64. The molecule has 0 fully saturated rings. The molecule has 2 amide bonds. The summed E-state index contributed by atoms with van der Waals surface area (Å²) < 4.78 is 6.36. The number of thiocarbonyl (C=S) groups is 1. The minimum Gasteiger partial charge on any atom is -0.507 e. The van der Waals surface area contributed by atoms with Gasteiger partial charge in [0.05, 0.1) is 5.56 Å². The van der Waals surface area contributed by atoms with Crippen LogP contribution in [-0.4, -0.2) is 28.6 Å². The molecule has 0 atom stereocenters. The Hall–Kier alpha value is -3.17. The van der Waals surface area contributed by atoms with Crippen LogP contribution in [0.3, 0.4) is 0 Å². The van der Waals surface area contributed by atoms with E-state index in [0.717, 1.165) is 20.8 Å². The lowest BCUT2D eigenvalue weighted by molar-refractivity contribution is -0.121. The first-order valence-electron chi connectivity index (χ1n) is 8.84. The summed E-state index contributed by atoms with van der Waals surface area (Å²) in [6.07, 6.45) is 0. The van der Waals surface area contributed by atoms with Crippen LogP contribution in [0.15, 0.2) is 59.1 Å². The maximum atomic E-state index is 12.3. The number of halogens is 1. The molecule has 0 aliphatic heterocycles. The van der Waals surface area contributed by atoms with Crippen molar-refractivity contribution in [3.8, 4) is 11.5 Å². The van der Waals surface area contributed by atoms with Gasteiger partial charge in [-0.25, -0.2) is 0 Å². The van der Waals surface area contributed by atoms with Crippen LogP contribution < -0.4 is 20.9 Å². The van der Waals surface area contributed by atoms with E-state index in [4.69, 9.17) is 17.0 Å². The number of hydrogen-bond acceptors (Lipinski definition) is 5. The van der Waals surface area contributed by atoms with E-state index in [1.807, 2.05) is 37.3 Å². The fraction of sp³-hybridized carbons (Fsp3) is 0.0952. The minimum atomic E-state index is -0.601. The van der Waals surface area contributed by atoms with Gasteiger partial charge < -0.3 is 9.84 Å². The van der Waals surface area contributed by atoms with Gasteiger partial charge in [-0.3, -0.25) is 25.8 Å². The molecule has 3 aromatic rings. The molecular formula is C21H18BrN3O4S. The lowest BCUT2D eigenvalue weighted by atomic mass is 10.1. The smallest absolute Gasteiger partial charge is 0.273 e. The van der Waals surface area contributed by atoms with Crippen molar-refractivity contribution < 1.29 is 19.4 Å². The first-order chi connectivity index (χ1) is 14.3. The summed E-state index contributed by atoms with van der Waals surface area (Å²) in [5.74, 6) is -0.710. The second-order valence-electron chi connectivity index (χ2n) is 6.37. The maximum absolute atomic E-state index is 12.3. The number of phenols is 1. The number of benzene rings is 3. The number of phenolic OH excluding ortho intramolecular Hbond substituents is 1. The summed E-state index contributed by atoms with van der Waals surface area (Å²) in [6, 6.07) is 15.8. The molecule has 0 bridgehead atoms. The number of carbonyl (C=O) groups excluding carboxylic acids is 2. The standard InChI is InChI=1S/C21H18BrN3O4S/c1-12-8-15(6-7-17(12)22)29-11-19(27)23-21(30)25-24-20(28)16-9-13-4-2-3-5-14(13)10-18(16)26/h2-10,26H,11H2,1H3,(H,24,28)(H2,23,25,27,30). The van der Waals surface area contributed by atoms with Crippen LogP contribution in [0.25, 0.3) is 10.8 Å². The molecule has 9 heteroatoms. The Bertz CT molecular complexity index is 1140. The van der Waals surface area contributed by atoms with Gasteiger partial charge in [0.15, 0.2) is 11.7 Å². The van der Waals surface area contributed by atoms with E-state index in [1.165, 1.54) is 6.07 Å². The van der Waals surface area contributed by atoms with Gasteiger partial charge >= 0.3 is 0 Å². The van der Waals surface area contributed by atoms with Crippen molar-refractivity contribution in [1.82, 2.24) is 16.2 Å². The van der Waals surface area contributed by atoms with Gasteiger partial charge in [0.1, 0.15) is 11.5 Å². The SMILES string of the molecule is Cc1cc(OCC(=O)NC(=S)NNC(=O)c2cc3ccccc3cc2O)ccc1Br. The van der Waals surface area contributed by atoms with E-state index in [1.54, 1.807) is 18.2 Å². The third-order valence-electron chi connectivity index (χ3n) is 4.15. The number of amides is 2. The molecule has 0 spiro atoms. The fourth-order valence-corrected chi connectivity index (χ4v) is 3.05. The summed E-state index contributed by atoms with van der Waals surface area (Å²) >= 11 is 8.39. The normalized spacial score (nSPS) is 10.3. The number of fused-ring (bicyclic) bond motifs is 1. The second kappa shape index (κ2) is 9.55.